The first-order valence-electron chi connectivity index (χ1n) is 8.75. The molecule has 3 aromatic rings. The Balaban J connectivity index is 1.66. The minimum Gasteiger partial charge on any atom is -0.453 e. The number of halogens is 1. The number of ether oxygens (including phenoxy) is 1. The zero-order valence-corrected chi connectivity index (χ0v) is 16.5. The Bertz CT molecular complexity index is 1190. The fourth-order valence-electron chi connectivity index (χ4n) is 2.96. The van der Waals surface area contributed by atoms with E-state index in [-0.39, 0.29) is 4.90 Å². The molecule has 0 saturated heterocycles. The molecule has 9 heteroatoms. The van der Waals surface area contributed by atoms with Crippen LogP contribution < -0.4 is 4.72 Å². The highest BCUT2D eigenvalue weighted by molar-refractivity contribution is 7.89. The van der Waals surface area contributed by atoms with E-state index in [1.54, 1.807) is 19.1 Å². The molecule has 29 heavy (non-hydrogen) atoms. The second kappa shape index (κ2) is 8.14. The van der Waals surface area contributed by atoms with Crippen LogP contribution in [0.15, 0.2) is 53.4 Å². The van der Waals surface area contributed by atoms with Gasteiger partial charge in [-0.15, -0.1) is 0 Å². The van der Waals surface area contributed by atoms with Crippen LogP contribution in [0.2, 0.25) is 0 Å². The van der Waals surface area contributed by atoms with E-state index >= 15 is 0 Å². The number of carbonyl (C=O) groups excluding carboxylic acids is 2. The molecule has 7 nitrogen and oxygen atoms in total. The van der Waals surface area contributed by atoms with Crippen molar-refractivity contribution in [2.24, 2.45) is 0 Å². The SMILES string of the molecule is Cc1[nH]c2ccccc2c1C(=O)[C@H](C)OC(=O)CNS(=O)(=O)c1cccc(F)c1. The van der Waals surface area contributed by atoms with Gasteiger partial charge in [0, 0.05) is 22.2 Å². The number of aromatic amines is 1. The summed E-state index contributed by atoms with van der Waals surface area (Å²) in [7, 11) is -4.09. The van der Waals surface area contributed by atoms with Crippen molar-refractivity contribution in [1.82, 2.24) is 9.71 Å². The average molecular weight is 418 g/mol. The highest BCUT2D eigenvalue weighted by Gasteiger charge is 2.25. The van der Waals surface area contributed by atoms with Gasteiger partial charge in [0.15, 0.2) is 6.10 Å². The topological polar surface area (TPSA) is 105 Å². The number of ketones is 1. The van der Waals surface area contributed by atoms with Crippen LogP contribution in [-0.2, 0) is 19.6 Å². The van der Waals surface area contributed by atoms with E-state index in [2.05, 4.69) is 4.98 Å². The van der Waals surface area contributed by atoms with Gasteiger partial charge in [-0.1, -0.05) is 24.3 Å². The molecule has 0 amide bonds. The lowest BCUT2D eigenvalue weighted by Crippen LogP contribution is -2.34. The van der Waals surface area contributed by atoms with Crippen molar-refractivity contribution < 1.29 is 27.1 Å². The maximum absolute atomic E-state index is 13.2. The van der Waals surface area contributed by atoms with E-state index in [1.165, 1.54) is 19.1 Å². The molecular formula is C20H19FN2O5S. The largest absolute Gasteiger partial charge is 0.453 e. The van der Waals surface area contributed by atoms with E-state index in [0.717, 1.165) is 17.6 Å². The van der Waals surface area contributed by atoms with Crippen LogP contribution in [0, 0.1) is 12.7 Å². The number of benzene rings is 2. The molecule has 2 N–H and O–H groups in total. The van der Waals surface area contributed by atoms with Crippen molar-refractivity contribution in [2.75, 3.05) is 6.54 Å². The molecule has 152 valence electrons. The average Bonchev–Trinajstić information content (AvgIpc) is 3.01. The van der Waals surface area contributed by atoms with Crippen LogP contribution >= 0.6 is 0 Å². The lowest BCUT2D eigenvalue weighted by Gasteiger charge is -2.13. The Hall–Kier alpha value is -3.04. The molecule has 0 unspecified atom stereocenters. The Labute approximate surface area is 166 Å². The summed E-state index contributed by atoms with van der Waals surface area (Å²) < 4.78 is 44.6. The predicted molar refractivity (Wildman–Crippen MR) is 105 cm³/mol. The summed E-state index contributed by atoms with van der Waals surface area (Å²) in [6.45, 7) is 2.47. The van der Waals surface area contributed by atoms with Gasteiger partial charge in [0.1, 0.15) is 12.4 Å². The molecular weight excluding hydrogens is 399 g/mol. The number of Topliss-reactive ketones (excluding diaryl/α,β-unsaturated/α-hetero) is 1. The van der Waals surface area contributed by atoms with Gasteiger partial charge < -0.3 is 9.72 Å². The van der Waals surface area contributed by atoms with Gasteiger partial charge >= 0.3 is 5.97 Å². The third kappa shape index (κ3) is 4.52. The molecule has 0 spiro atoms. The van der Waals surface area contributed by atoms with Crippen LogP contribution in [0.5, 0.6) is 0 Å². The molecule has 0 bridgehead atoms. The van der Waals surface area contributed by atoms with Crippen LogP contribution in [0.1, 0.15) is 23.0 Å². The molecule has 1 atom stereocenters. The van der Waals surface area contributed by atoms with Gasteiger partial charge in [0.2, 0.25) is 15.8 Å². The van der Waals surface area contributed by atoms with Gasteiger partial charge in [-0.3, -0.25) is 9.59 Å². The third-order valence-electron chi connectivity index (χ3n) is 4.33. The van der Waals surface area contributed by atoms with E-state index < -0.39 is 40.2 Å². The quantitative estimate of drug-likeness (QED) is 0.453. The smallest absolute Gasteiger partial charge is 0.321 e. The van der Waals surface area contributed by atoms with Crippen molar-refractivity contribution in [3.8, 4) is 0 Å². The first-order chi connectivity index (χ1) is 13.7. The van der Waals surface area contributed by atoms with Gasteiger partial charge in [-0.2, -0.15) is 4.72 Å². The Morgan fingerprint density at radius 2 is 1.90 bits per heavy atom. The summed E-state index contributed by atoms with van der Waals surface area (Å²) in [4.78, 5) is 27.6. The molecule has 2 aromatic carbocycles. The van der Waals surface area contributed by atoms with Crippen molar-refractivity contribution in [3.63, 3.8) is 0 Å². The summed E-state index contributed by atoms with van der Waals surface area (Å²) in [5, 5.41) is 0.713. The zero-order valence-electron chi connectivity index (χ0n) is 15.7. The third-order valence-corrected chi connectivity index (χ3v) is 5.73. The zero-order chi connectivity index (χ0) is 21.2. The Morgan fingerprint density at radius 1 is 1.17 bits per heavy atom. The number of H-pyrrole nitrogens is 1. The summed E-state index contributed by atoms with van der Waals surface area (Å²) in [6.07, 6.45) is -1.11. The number of aromatic nitrogens is 1. The van der Waals surface area contributed by atoms with Gasteiger partial charge in [-0.25, -0.2) is 12.8 Å². The number of para-hydroxylation sites is 1. The number of aryl methyl sites for hydroxylation is 1. The van der Waals surface area contributed by atoms with Crippen molar-refractivity contribution in [3.05, 3.63) is 65.6 Å². The van der Waals surface area contributed by atoms with Crippen molar-refractivity contribution in [1.29, 1.82) is 0 Å². The van der Waals surface area contributed by atoms with Crippen LogP contribution in [0.25, 0.3) is 10.9 Å². The molecule has 0 saturated carbocycles. The lowest BCUT2D eigenvalue weighted by molar-refractivity contribution is -0.144. The summed E-state index contributed by atoms with van der Waals surface area (Å²) in [5.74, 6) is -2.05. The van der Waals surface area contributed by atoms with Crippen molar-refractivity contribution in [2.45, 2.75) is 24.8 Å². The van der Waals surface area contributed by atoms with E-state index in [0.29, 0.717) is 16.6 Å². The Morgan fingerprint density at radius 3 is 2.62 bits per heavy atom. The maximum atomic E-state index is 13.2. The number of hydrogen-bond acceptors (Lipinski definition) is 5. The van der Waals surface area contributed by atoms with Gasteiger partial charge in [0.25, 0.3) is 0 Å². The van der Waals surface area contributed by atoms with Crippen LogP contribution in [0.4, 0.5) is 4.39 Å². The van der Waals surface area contributed by atoms with Crippen LogP contribution in [-0.4, -0.2) is 37.8 Å². The lowest BCUT2D eigenvalue weighted by atomic mass is 10.0. The highest BCUT2D eigenvalue weighted by atomic mass is 32.2. The van der Waals surface area contributed by atoms with Gasteiger partial charge in [-0.05, 0) is 38.1 Å². The van der Waals surface area contributed by atoms with E-state index in [9.17, 15) is 22.4 Å². The minimum absolute atomic E-state index is 0.316. The number of fused-ring (bicyclic) bond motifs is 1. The fourth-order valence-corrected chi connectivity index (χ4v) is 3.96. The number of nitrogens with one attached hydrogen (secondary N) is 2. The molecule has 1 heterocycles. The highest BCUT2D eigenvalue weighted by Crippen LogP contribution is 2.23. The monoisotopic (exact) mass is 418 g/mol. The maximum Gasteiger partial charge on any atom is 0.321 e. The standard InChI is InChI=1S/C20H19FN2O5S/c1-12-19(16-8-3-4-9-17(16)23-12)20(25)13(2)28-18(24)11-22-29(26,27)15-7-5-6-14(21)10-15/h3-10,13,22-23H,11H2,1-2H3/t13-/m0/s1. The van der Waals surface area contributed by atoms with Crippen molar-refractivity contribution >= 4 is 32.7 Å². The Kier molecular flexibility index (Phi) is 5.81. The molecule has 1 aromatic heterocycles. The summed E-state index contributed by atoms with van der Waals surface area (Å²) in [6, 6.07) is 11.6. The molecule has 3 rings (SSSR count). The normalized spacial score (nSPS) is 12.7. The van der Waals surface area contributed by atoms with Gasteiger partial charge in [0.05, 0.1) is 4.90 Å². The number of esters is 1. The first-order valence-corrected chi connectivity index (χ1v) is 10.2. The molecule has 0 aliphatic rings. The fraction of sp³-hybridized carbons (Fsp3) is 0.200. The summed E-state index contributed by atoms with van der Waals surface area (Å²) in [5.41, 5.74) is 1.85. The second-order valence-corrected chi connectivity index (χ2v) is 8.22. The first kappa shape index (κ1) is 20.7. The molecule has 0 fully saturated rings. The van der Waals surface area contributed by atoms with Crippen LogP contribution in [0.3, 0.4) is 0 Å². The minimum atomic E-state index is -4.09. The number of rotatable bonds is 7. The molecule has 0 aliphatic heterocycles. The molecule has 0 aliphatic carbocycles. The van der Waals surface area contributed by atoms with E-state index in [1.807, 2.05) is 16.9 Å². The van der Waals surface area contributed by atoms with E-state index in [4.69, 9.17) is 4.74 Å². The molecule has 0 radical (unpaired) electrons. The second-order valence-electron chi connectivity index (χ2n) is 6.45. The summed E-state index contributed by atoms with van der Waals surface area (Å²) >= 11 is 0. The number of carbonyl (C=O) groups is 2. The predicted octanol–water partition coefficient (Wildman–Crippen LogP) is 2.71. The number of hydrogen-bond donors (Lipinski definition) is 2. The number of sulfonamides is 1.